The van der Waals surface area contributed by atoms with Crippen LogP contribution in [0.25, 0.3) is 5.69 Å². The van der Waals surface area contributed by atoms with Gasteiger partial charge >= 0.3 is 0 Å². The first-order valence-corrected chi connectivity index (χ1v) is 11.2. The molecule has 0 radical (unpaired) electrons. The quantitative estimate of drug-likeness (QED) is 0.150. The zero-order chi connectivity index (χ0) is 22.8. The number of nitrogen functional groups attached to an aromatic ring is 1. The lowest BCUT2D eigenvalue weighted by molar-refractivity contribution is 0.131. The van der Waals surface area contributed by atoms with Crippen molar-refractivity contribution >= 4 is 35.8 Å². The number of rotatable bonds is 10. The van der Waals surface area contributed by atoms with Gasteiger partial charge in [-0.05, 0) is 44.7 Å². The van der Waals surface area contributed by atoms with Gasteiger partial charge in [-0.2, -0.15) is 10.4 Å². The Morgan fingerprint density at radius 3 is 2.79 bits per heavy atom. The number of nitriles is 1. The lowest BCUT2D eigenvalue weighted by Crippen LogP contribution is -2.39. The van der Waals surface area contributed by atoms with Gasteiger partial charge in [0.2, 0.25) is 0 Å². The molecule has 9 nitrogen and oxygen atoms in total. The summed E-state index contributed by atoms with van der Waals surface area (Å²) in [6.07, 6.45) is 3.01. The summed E-state index contributed by atoms with van der Waals surface area (Å²) in [5.41, 5.74) is 8.06. The number of hydrogen-bond acceptors (Lipinski definition) is 6. The Balaban J connectivity index is 0.00000385. The van der Waals surface area contributed by atoms with Gasteiger partial charge in [0.1, 0.15) is 17.5 Å². The van der Waals surface area contributed by atoms with E-state index in [-0.39, 0.29) is 36.0 Å². The number of hydrogen-bond donors (Lipinski definition) is 4. The number of aromatic nitrogens is 2. The van der Waals surface area contributed by atoms with E-state index in [9.17, 15) is 10.4 Å². The monoisotopic (exact) mass is 567 g/mol. The van der Waals surface area contributed by atoms with E-state index < -0.39 is 0 Å². The Labute approximate surface area is 212 Å². The molecule has 180 valence electrons. The van der Waals surface area contributed by atoms with Crippen molar-refractivity contribution in [2.75, 3.05) is 45.2 Å². The van der Waals surface area contributed by atoms with E-state index >= 15 is 0 Å². The number of para-hydroxylation sites is 1. The normalized spacial score (nSPS) is 17.9. The summed E-state index contributed by atoms with van der Waals surface area (Å²) in [6, 6.07) is 11.8. The summed E-state index contributed by atoms with van der Waals surface area (Å²) in [4.78, 5) is 4.73. The molecule has 1 unspecified atom stereocenters. The molecule has 5 N–H and O–H groups in total. The van der Waals surface area contributed by atoms with Crippen LogP contribution in [-0.4, -0.2) is 60.3 Å². The van der Waals surface area contributed by atoms with E-state index in [0.717, 1.165) is 37.6 Å². The predicted octanol–water partition coefficient (Wildman–Crippen LogP) is 2.22. The highest BCUT2D eigenvalue weighted by molar-refractivity contribution is 14.0. The third-order valence-electron chi connectivity index (χ3n) is 5.73. The first-order valence-electron chi connectivity index (χ1n) is 11.2. The summed E-state index contributed by atoms with van der Waals surface area (Å²) < 4.78 is 7.17. The van der Waals surface area contributed by atoms with E-state index in [1.54, 1.807) is 4.68 Å². The predicted molar refractivity (Wildman–Crippen MR) is 140 cm³/mol. The van der Waals surface area contributed by atoms with Crippen LogP contribution in [-0.2, 0) is 11.2 Å². The van der Waals surface area contributed by atoms with E-state index in [0.29, 0.717) is 49.6 Å². The summed E-state index contributed by atoms with van der Waals surface area (Å²) >= 11 is 0. The maximum atomic E-state index is 9.56. The minimum atomic E-state index is -0.0827. The number of nitrogens with one attached hydrogen (secondary N) is 2. The van der Waals surface area contributed by atoms with Gasteiger partial charge in [0.05, 0.1) is 24.5 Å². The van der Waals surface area contributed by atoms with Crippen molar-refractivity contribution in [1.29, 1.82) is 5.26 Å². The first kappa shape index (κ1) is 26.9. The summed E-state index contributed by atoms with van der Waals surface area (Å²) in [6.45, 7) is 5.57. The zero-order valence-corrected chi connectivity index (χ0v) is 21.4. The highest BCUT2D eigenvalue weighted by atomic mass is 127. The maximum absolute atomic E-state index is 9.56. The molecule has 1 aliphatic heterocycles. The molecule has 1 saturated heterocycles. The number of nitrogens with two attached hydrogens (primary N) is 1. The van der Waals surface area contributed by atoms with Gasteiger partial charge < -0.3 is 26.2 Å². The molecule has 1 aliphatic rings. The molecule has 1 fully saturated rings. The zero-order valence-electron chi connectivity index (χ0n) is 19.1. The molecule has 0 saturated carbocycles. The van der Waals surface area contributed by atoms with Gasteiger partial charge in [0.15, 0.2) is 5.96 Å². The van der Waals surface area contributed by atoms with Gasteiger partial charge in [-0.1, -0.05) is 18.2 Å². The Morgan fingerprint density at radius 2 is 2.15 bits per heavy atom. The van der Waals surface area contributed by atoms with Crippen molar-refractivity contribution in [3.8, 4) is 11.8 Å². The van der Waals surface area contributed by atoms with Crippen LogP contribution in [0.4, 0.5) is 5.82 Å². The Kier molecular flexibility index (Phi) is 10.9. The van der Waals surface area contributed by atoms with Crippen LogP contribution in [0.2, 0.25) is 0 Å². The van der Waals surface area contributed by atoms with Crippen molar-refractivity contribution in [2.45, 2.75) is 32.6 Å². The van der Waals surface area contributed by atoms with Crippen molar-refractivity contribution in [3.05, 3.63) is 41.6 Å². The third-order valence-corrected chi connectivity index (χ3v) is 5.73. The lowest BCUT2D eigenvalue weighted by atomic mass is 9.84. The van der Waals surface area contributed by atoms with E-state index in [2.05, 4.69) is 21.8 Å². The molecular weight excluding hydrogens is 533 g/mol. The Bertz CT molecular complexity index is 934. The number of aryl methyl sites for hydroxylation is 1. The number of nitrogens with zero attached hydrogens (tertiary/aromatic N) is 4. The number of aliphatic hydroxyl groups is 1. The summed E-state index contributed by atoms with van der Waals surface area (Å²) in [7, 11) is 0. The molecule has 2 heterocycles. The van der Waals surface area contributed by atoms with Crippen LogP contribution in [0, 0.1) is 16.7 Å². The molecular formula is C23H34IN7O2. The number of aliphatic imine (C=N–C) groups is 1. The maximum Gasteiger partial charge on any atom is 0.191 e. The number of ether oxygens (including phenoxy) is 1. The smallest absolute Gasteiger partial charge is 0.191 e. The molecule has 0 aliphatic carbocycles. The fourth-order valence-corrected chi connectivity index (χ4v) is 3.88. The van der Waals surface area contributed by atoms with Crippen LogP contribution >= 0.6 is 24.0 Å². The molecule has 0 amide bonds. The second-order valence-corrected chi connectivity index (χ2v) is 8.07. The minimum Gasteiger partial charge on any atom is -0.396 e. The minimum absolute atomic E-state index is 0. The number of halogens is 1. The molecule has 1 atom stereocenters. The van der Waals surface area contributed by atoms with E-state index in [4.69, 9.17) is 15.5 Å². The van der Waals surface area contributed by atoms with Crippen LogP contribution in [0.3, 0.4) is 0 Å². The second kappa shape index (κ2) is 13.4. The average molecular weight is 567 g/mol. The SMILES string of the molecule is CCNC(=NCC1(CCO)CCOC1)NCCCc1nn(-c2ccccc2)c(N)c1C#N.I. The van der Waals surface area contributed by atoms with E-state index in [1.807, 2.05) is 37.3 Å². The molecule has 33 heavy (non-hydrogen) atoms. The van der Waals surface area contributed by atoms with Crippen LogP contribution in [0.5, 0.6) is 0 Å². The average Bonchev–Trinajstić information content (AvgIpc) is 3.40. The molecule has 1 aromatic heterocycles. The fourth-order valence-electron chi connectivity index (χ4n) is 3.88. The van der Waals surface area contributed by atoms with Crippen molar-refractivity contribution in [2.24, 2.45) is 10.4 Å². The van der Waals surface area contributed by atoms with Crippen LogP contribution in [0.1, 0.15) is 37.4 Å². The van der Waals surface area contributed by atoms with Gasteiger partial charge in [0.25, 0.3) is 0 Å². The third kappa shape index (κ3) is 7.06. The van der Waals surface area contributed by atoms with Crippen LogP contribution in [0.15, 0.2) is 35.3 Å². The molecule has 1 aromatic carbocycles. The van der Waals surface area contributed by atoms with Crippen molar-refractivity contribution in [1.82, 2.24) is 20.4 Å². The first-order chi connectivity index (χ1) is 15.6. The Hall–Kier alpha value is -2.36. The van der Waals surface area contributed by atoms with Gasteiger partial charge in [-0.25, -0.2) is 4.68 Å². The number of guanidine groups is 1. The molecule has 2 aromatic rings. The van der Waals surface area contributed by atoms with Crippen molar-refractivity contribution < 1.29 is 9.84 Å². The van der Waals surface area contributed by atoms with Crippen LogP contribution < -0.4 is 16.4 Å². The largest absolute Gasteiger partial charge is 0.396 e. The summed E-state index contributed by atoms with van der Waals surface area (Å²) in [5.74, 6) is 1.11. The van der Waals surface area contributed by atoms with Crippen molar-refractivity contribution in [3.63, 3.8) is 0 Å². The highest BCUT2D eigenvalue weighted by Gasteiger charge is 2.34. The molecule has 0 bridgehead atoms. The molecule has 10 heteroatoms. The number of aliphatic hydroxyl groups excluding tert-OH is 1. The standard InChI is InChI=1S/C23H33N7O2.HI/c1-2-26-22(28-16-23(10-13-31)11-14-32-17-23)27-12-6-9-20-19(15-24)21(25)30(29-20)18-7-4-3-5-8-18;/h3-5,7-8,31H,2,6,9-14,16-17,25H2,1H3,(H2,26,27,28);1H. The Morgan fingerprint density at radius 1 is 1.36 bits per heavy atom. The fraction of sp³-hybridized carbons (Fsp3) is 0.522. The number of anilines is 1. The van der Waals surface area contributed by atoms with E-state index in [1.165, 1.54) is 0 Å². The second-order valence-electron chi connectivity index (χ2n) is 8.07. The lowest BCUT2D eigenvalue weighted by Gasteiger charge is -2.24. The molecule has 0 spiro atoms. The molecule has 3 rings (SSSR count). The number of benzene rings is 1. The topological polar surface area (TPSA) is 134 Å². The van der Waals surface area contributed by atoms with Gasteiger partial charge in [-0.3, -0.25) is 4.99 Å². The van der Waals surface area contributed by atoms with Gasteiger partial charge in [0, 0.05) is 31.7 Å². The van der Waals surface area contributed by atoms with Gasteiger partial charge in [-0.15, -0.1) is 24.0 Å². The highest BCUT2D eigenvalue weighted by Crippen LogP contribution is 2.32. The summed E-state index contributed by atoms with van der Waals surface area (Å²) in [5, 5.41) is 30.2.